The standard InChI is InChI=1S/C15H18N2O3/c1-2-3-4-7-14(18)16-8-10-17(11-9-16)15(19)13-6-5-12-20-13/h2-7,12H,8-11H2,1H3/b3-2+,7-4+. The lowest BCUT2D eigenvalue weighted by molar-refractivity contribution is -0.127. The summed E-state index contributed by atoms with van der Waals surface area (Å²) < 4.78 is 5.10. The maximum atomic E-state index is 12.1. The predicted octanol–water partition coefficient (Wildman–Crippen LogP) is 1.70. The first-order chi connectivity index (χ1) is 9.72. The molecule has 5 nitrogen and oxygen atoms in total. The third-order valence-corrected chi connectivity index (χ3v) is 3.15. The van der Waals surface area contributed by atoms with Gasteiger partial charge in [-0.3, -0.25) is 9.59 Å². The van der Waals surface area contributed by atoms with Crippen molar-refractivity contribution in [1.82, 2.24) is 9.80 Å². The number of hydrogen-bond donors (Lipinski definition) is 0. The molecule has 0 N–H and O–H groups in total. The highest BCUT2D eigenvalue weighted by atomic mass is 16.3. The molecular formula is C15H18N2O3. The monoisotopic (exact) mass is 274 g/mol. The van der Waals surface area contributed by atoms with Gasteiger partial charge in [-0.15, -0.1) is 0 Å². The highest BCUT2D eigenvalue weighted by Crippen LogP contribution is 2.09. The fraction of sp³-hybridized carbons (Fsp3) is 0.333. The third kappa shape index (κ3) is 3.38. The van der Waals surface area contributed by atoms with E-state index in [4.69, 9.17) is 4.42 Å². The molecular weight excluding hydrogens is 256 g/mol. The minimum Gasteiger partial charge on any atom is -0.459 e. The van der Waals surface area contributed by atoms with Crippen molar-refractivity contribution in [2.75, 3.05) is 26.2 Å². The molecule has 2 heterocycles. The smallest absolute Gasteiger partial charge is 0.289 e. The lowest BCUT2D eigenvalue weighted by Crippen LogP contribution is -2.50. The summed E-state index contributed by atoms with van der Waals surface area (Å²) in [5.41, 5.74) is 0. The number of furan rings is 1. The molecule has 0 saturated carbocycles. The van der Waals surface area contributed by atoms with E-state index in [1.54, 1.807) is 34.1 Å². The fourth-order valence-electron chi connectivity index (χ4n) is 2.04. The van der Waals surface area contributed by atoms with Crippen molar-refractivity contribution in [3.8, 4) is 0 Å². The number of carbonyl (C=O) groups is 2. The summed E-state index contributed by atoms with van der Waals surface area (Å²) in [5.74, 6) is 0.206. The number of carbonyl (C=O) groups excluding carboxylic acids is 2. The van der Waals surface area contributed by atoms with Crippen LogP contribution in [0.4, 0.5) is 0 Å². The van der Waals surface area contributed by atoms with Crippen LogP contribution in [-0.4, -0.2) is 47.8 Å². The van der Waals surface area contributed by atoms with Crippen LogP contribution in [-0.2, 0) is 4.79 Å². The number of rotatable bonds is 3. The van der Waals surface area contributed by atoms with Gasteiger partial charge in [0.2, 0.25) is 5.91 Å². The molecule has 5 heteroatoms. The van der Waals surface area contributed by atoms with Crippen molar-refractivity contribution in [2.24, 2.45) is 0 Å². The SMILES string of the molecule is C/C=C/C=C/C(=O)N1CCN(C(=O)c2ccco2)CC1. The van der Waals surface area contributed by atoms with Gasteiger partial charge in [-0.05, 0) is 19.1 Å². The van der Waals surface area contributed by atoms with Gasteiger partial charge in [0, 0.05) is 32.3 Å². The van der Waals surface area contributed by atoms with E-state index >= 15 is 0 Å². The second-order valence-corrected chi connectivity index (χ2v) is 4.48. The number of hydrogen-bond acceptors (Lipinski definition) is 3. The molecule has 0 aliphatic carbocycles. The molecule has 1 aliphatic heterocycles. The normalized spacial score (nSPS) is 16.2. The molecule has 0 unspecified atom stereocenters. The molecule has 1 aromatic rings. The zero-order valence-corrected chi connectivity index (χ0v) is 11.5. The predicted molar refractivity (Wildman–Crippen MR) is 75.1 cm³/mol. The van der Waals surface area contributed by atoms with Crippen LogP contribution in [0.2, 0.25) is 0 Å². The Labute approximate surface area is 118 Å². The highest BCUT2D eigenvalue weighted by Gasteiger charge is 2.24. The van der Waals surface area contributed by atoms with Crippen LogP contribution in [0.5, 0.6) is 0 Å². The summed E-state index contributed by atoms with van der Waals surface area (Å²) in [6.07, 6.45) is 8.43. The maximum absolute atomic E-state index is 12.1. The van der Waals surface area contributed by atoms with Crippen LogP contribution in [0.3, 0.4) is 0 Å². The van der Waals surface area contributed by atoms with E-state index in [9.17, 15) is 9.59 Å². The van der Waals surface area contributed by atoms with Crippen LogP contribution in [0, 0.1) is 0 Å². The van der Waals surface area contributed by atoms with E-state index in [0.717, 1.165) is 0 Å². The molecule has 0 spiro atoms. The second kappa shape index (κ2) is 6.75. The summed E-state index contributed by atoms with van der Waals surface area (Å²) in [7, 11) is 0. The number of allylic oxidation sites excluding steroid dienone is 3. The Bertz CT molecular complexity index is 509. The van der Waals surface area contributed by atoms with Crippen molar-refractivity contribution >= 4 is 11.8 Å². The molecule has 2 rings (SSSR count). The summed E-state index contributed by atoms with van der Waals surface area (Å²) in [6, 6.07) is 3.35. The lowest BCUT2D eigenvalue weighted by atomic mass is 10.2. The minimum atomic E-state index is -0.119. The Morgan fingerprint density at radius 2 is 1.85 bits per heavy atom. The highest BCUT2D eigenvalue weighted by molar-refractivity contribution is 5.92. The summed E-state index contributed by atoms with van der Waals surface area (Å²) in [4.78, 5) is 27.4. The van der Waals surface area contributed by atoms with Gasteiger partial charge < -0.3 is 14.2 Å². The van der Waals surface area contributed by atoms with Gasteiger partial charge in [0.05, 0.1) is 6.26 Å². The van der Waals surface area contributed by atoms with Crippen LogP contribution < -0.4 is 0 Å². The summed E-state index contributed by atoms with van der Waals surface area (Å²) in [5, 5.41) is 0. The largest absolute Gasteiger partial charge is 0.459 e. The Hall–Kier alpha value is -2.30. The van der Waals surface area contributed by atoms with Crippen LogP contribution in [0.15, 0.2) is 47.1 Å². The Balaban J connectivity index is 1.86. The Morgan fingerprint density at radius 1 is 1.15 bits per heavy atom. The summed E-state index contributed by atoms with van der Waals surface area (Å²) >= 11 is 0. The first-order valence-electron chi connectivity index (χ1n) is 6.63. The molecule has 0 atom stereocenters. The van der Waals surface area contributed by atoms with Crippen molar-refractivity contribution in [2.45, 2.75) is 6.92 Å². The molecule has 1 fully saturated rings. The van der Waals surface area contributed by atoms with Crippen LogP contribution in [0.1, 0.15) is 17.5 Å². The number of nitrogens with zero attached hydrogens (tertiary/aromatic N) is 2. The number of amides is 2. The van der Waals surface area contributed by atoms with Crippen molar-refractivity contribution in [3.05, 3.63) is 48.5 Å². The summed E-state index contributed by atoms with van der Waals surface area (Å²) in [6.45, 7) is 4.05. The van der Waals surface area contributed by atoms with Crippen molar-refractivity contribution in [1.29, 1.82) is 0 Å². The van der Waals surface area contributed by atoms with E-state index < -0.39 is 0 Å². The maximum Gasteiger partial charge on any atom is 0.289 e. The van der Waals surface area contributed by atoms with E-state index in [-0.39, 0.29) is 11.8 Å². The third-order valence-electron chi connectivity index (χ3n) is 3.15. The van der Waals surface area contributed by atoms with Gasteiger partial charge in [0.1, 0.15) is 0 Å². The van der Waals surface area contributed by atoms with Crippen LogP contribution in [0.25, 0.3) is 0 Å². The van der Waals surface area contributed by atoms with Crippen LogP contribution >= 0.6 is 0 Å². The average Bonchev–Trinajstić information content (AvgIpc) is 3.01. The van der Waals surface area contributed by atoms with Gasteiger partial charge in [-0.1, -0.05) is 18.2 Å². The topological polar surface area (TPSA) is 53.8 Å². The van der Waals surface area contributed by atoms with Gasteiger partial charge in [-0.25, -0.2) is 0 Å². The first-order valence-corrected chi connectivity index (χ1v) is 6.63. The first kappa shape index (κ1) is 14.1. The lowest BCUT2D eigenvalue weighted by Gasteiger charge is -2.33. The van der Waals surface area contributed by atoms with Gasteiger partial charge in [-0.2, -0.15) is 0 Å². The molecule has 0 bridgehead atoms. The molecule has 1 aromatic heterocycles. The van der Waals surface area contributed by atoms with E-state index in [1.807, 2.05) is 19.1 Å². The molecule has 2 amide bonds. The van der Waals surface area contributed by atoms with E-state index in [2.05, 4.69) is 0 Å². The Kier molecular flexibility index (Phi) is 4.76. The zero-order valence-electron chi connectivity index (χ0n) is 11.5. The molecule has 106 valence electrons. The van der Waals surface area contributed by atoms with Crippen molar-refractivity contribution in [3.63, 3.8) is 0 Å². The average molecular weight is 274 g/mol. The zero-order chi connectivity index (χ0) is 14.4. The van der Waals surface area contributed by atoms with Gasteiger partial charge in [0.15, 0.2) is 5.76 Å². The molecule has 1 saturated heterocycles. The van der Waals surface area contributed by atoms with E-state index in [0.29, 0.717) is 31.9 Å². The molecule has 20 heavy (non-hydrogen) atoms. The minimum absolute atomic E-state index is 0.0202. The van der Waals surface area contributed by atoms with Crippen molar-refractivity contribution < 1.29 is 14.0 Å². The molecule has 1 aliphatic rings. The molecule has 0 aromatic carbocycles. The molecule has 0 radical (unpaired) electrons. The second-order valence-electron chi connectivity index (χ2n) is 4.48. The fourth-order valence-corrected chi connectivity index (χ4v) is 2.04. The quantitative estimate of drug-likeness (QED) is 0.622. The van der Waals surface area contributed by atoms with Gasteiger partial charge >= 0.3 is 0 Å². The van der Waals surface area contributed by atoms with Gasteiger partial charge in [0.25, 0.3) is 5.91 Å². The number of piperazine rings is 1. The Morgan fingerprint density at radius 3 is 2.45 bits per heavy atom. The van der Waals surface area contributed by atoms with E-state index in [1.165, 1.54) is 6.26 Å².